The molecule has 8 nitrogen and oxygen atoms in total. The molecule has 2 aromatic carbocycles. The minimum atomic E-state index is -3.53. The number of fused-ring (bicyclic) bond motifs is 1. The van der Waals surface area contributed by atoms with Gasteiger partial charge in [0.1, 0.15) is 12.2 Å². The number of carbonyl (C=O) groups excluding carboxylic acids is 2. The molecule has 170 valence electrons. The number of imide groups is 1. The third kappa shape index (κ3) is 3.55. The lowest BCUT2D eigenvalue weighted by molar-refractivity contribution is -0.131. The Bertz CT molecular complexity index is 1150. The van der Waals surface area contributed by atoms with E-state index in [9.17, 15) is 18.0 Å². The van der Waals surface area contributed by atoms with Crippen molar-refractivity contribution < 1.29 is 18.0 Å². The summed E-state index contributed by atoms with van der Waals surface area (Å²) < 4.78 is 26.2. The minimum absolute atomic E-state index is 0.117. The normalized spacial score (nSPS) is 21.1. The summed E-state index contributed by atoms with van der Waals surface area (Å²) in [5.74, 6) is -0.268. The van der Waals surface area contributed by atoms with Crippen LogP contribution >= 0.6 is 0 Å². The van der Waals surface area contributed by atoms with E-state index in [0.29, 0.717) is 13.0 Å². The van der Waals surface area contributed by atoms with Crippen molar-refractivity contribution in [3.05, 3.63) is 59.7 Å². The van der Waals surface area contributed by atoms with Crippen LogP contribution in [0.2, 0.25) is 0 Å². The molecule has 32 heavy (non-hydrogen) atoms. The quantitative estimate of drug-likeness (QED) is 0.675. The number of hydrogen-bond donors (Lipinski definition) is 1. The van der Waals surface area contributed by atoms with Crippen molar-refractivity contribution >= 4 is 27.6 Å². The molecule has 0 saturated carbocycles. The Hall–Kier alpha value is -2.91. The molecule has 2 aliphatic rings. The molecule has 1 N–H and O–H groups in total. The molecule has 3 amide bonds. The van der Waals surface area contributed by atoms with E-state index < -0.39 is 21.6 Å². The van der Waals surface area contributed by atoms with Crippen LogP contribution in [0.25, 0.3) is 0 Å². The molecule has 0 bridgehead atoms. The Morgan fingerprint density at radius 2 is 1.81 bits per heavy atom. The maximum Gasteiger partial charge on any atom is 0.326 e. The van der Waals surface area contributed by atoms with Crippen LogP contribution in [0.3, 0.4) is 0 Å². The number of nitrogens with one attached hydrogen (secondary N) is 1. The number of hydrogen-bond acceptors (Lipinski definition) is 5. The molecule has 4 rings (SSSR count). The Balaban J connectivity index is 1.62. The number of amides is 3. The maximum atomic E-state index is 13.4. The van der Waals surface area contributed by atoms with Gasteiger partial charge in [0.2, 0.25) is 10.0 Å². The van der Waals surface area contributed by atoms with E-state index in [1.807, 2.05) is 42.2 Å². The fraction of sp³-hybridized carbons (Fsp3) is 0.391. The molecule has 1 saturated heterocycles. The number of carbonyl (C=O) groups is 2. The van der Waals surface area contributed by atoms with E-state index in [4.69, 9.17) is 0 Å². The van der Waals surface area contributed by atoms with E-state index in [2.05, 4.69) is 5.32 Å². The third-order valence-electron chi connectivity index (χ3n) is 6.33. The molecule has 1 atom stereocenters. The second-order valence-corrected chi connectivity index (χ2v) is 10.5. The topological polar surface area (TPSA) is 90.0 Å². The van der Waals surface area contributed by atoms with Gasteiger partial charge in [0.05, 0.1) is 4.90 Å². The number of aryl methyl sites for hydroxylation is 1. The number of nitrogens with zero attached hydrogens (tertiary/aromatic N) is 3. The largest absolute Gasteiger partial charge is 0.353 e. The van der Waals surface area contributed by atoms with Crippen molar-refractivity contribution in [3.8, 4) is 0 Å². The Labute approximate surface area is 188 Å². The highest BCUT2D eigenvalue weighted by atomic mass is 32.2. The zero-order valence-electron chi connectivity index (χ0n) is 18.5. The van der Waals surface area contributed by atoms with Crippen molar-refractivity contribution in [1.82, 2.24) is 14.5 Å². The molecule has 2 aromatic rings. The average molecular weight is 457 g/mol. The zero-order chi connectivity index (χ0) is 23.1. The van der Waals surface area contributed by atoms with E-state index in [1.54, 1.807) is 18.2 Å². The smallest absolute Gasteiger partial charge is 0.326 e. The van der Waals surface area contributed by atoms with Crippen LogP contribution in [0.5, 0.6) is 0 Å². The van der Waals surface area contributed by atoms with E-state index in [0.717, 1.165) is 29.7 Å². The monoisotopic (exact) mass is 456 g/mol. The molecule has 0 spiro atoms. The minimum Gasteiger partial charge on any atom is -0.353 e. The lowest BCUT2D eigenvalue weighted by Gasteiger charge is -2.34. The summed E-state index contributed by atoms with van der Waals surface area (Å²) in [5, 5.41) is 2.91. The molecule has 0 radical (unpaired) electrons. The van der Waals surface area contributed by atoms with Crippen molar-refractivity contribution in [1.29, 1.82) is 0 Å². The number of sulfonamides is 1. The number of anilines is 1. The predicted molar refractivity (Wildman–Crippen MR) is 122 cm³/mol. The first-order valence-electron chi connectivity index (χ1n) is 10.7. The molecular formula is C23H28N4O4S. The highest BCUT2D eigenvalue weighted by Crippen LogP contribution is 2.35. The number of urea groups is 1. The summed E-state index contributed by atoms with van der Waals surface area (Å²) in [5.41, 5.74) is 1.45. The maximum absolute atomic E-state index is 13.4. The average Bonchev–Trinajstić information content (AvgIpc) is 3.04. The molecule has 2 aliphatic heterocycles. The summed E-state index contributed by atoms with van der Waals surface area (Å²) in [6, 6.07) is 13.9. The first-order chi connectivity index (χ1) is 15.2. The highest BCUT2D eigenvalue weighted by Gasteiger charge is 2.51. The fourth-order valence-electron chi connectivity index (χ4n) is 4.46. The van der Waals surface area contributed by atoms with Gasteiger partial charge in [0.15, 0.2) is 0 Å². The van der Waals surface area contributed by atoms with Gasteiger partial charge in [-0.15, -0.1) is 0 Å². The van der Waals surface area contributed by atoms with Crippen molar-refractivity contribution in [2.45, 2.75) is 36.6 Å². The molecule has 0 unspecified atom stereocenters. The van der Waals surface area contributed by atoms with Gasteiger partial charge in [-0.25, -0.2) is 22.4 Å². The van der Waals surface area contributed by atoms with Crippen LogP contribution in [0, 0.1) is 0 Å². The Morgan fingerprint density at radius 1 is 1.09 bits per heavy atom. The van der Waals surface area contributed by atoms with Crippen LogP contribution in [0.1, 0.15) is 30.9 Å². The van der Waals surface area contributed by atoms with Gasteiger partial charge < -0.3 is 10.2 Å². The third-order valence-corrected chi connectivity index (χ3v) is 8.14. The van der Waals surface area contributed by atoms with Gasteiger partial charge in [-0.2, -0.15) is 0 Å². The molecule has 1 fully saturated rings. The summed E-state index contributed by atoms with van der Waals surface area (Å²) in [6.07, 6.45) is 1.99. The van der Waals surface area contributed by atoms with Gasteiger partial charge in [-0.05, 0) is 48.6 Å². The fourth-order valence-corrected chi connectivity index (χ4v) is 5.41. The van der Waals surface area contributed by atoms with Crippen LogP contribution in [0.15, 0.2) is 53.4 Å². The van der Waals surface area contributed by atoms with Crippen molar-refractivity contribution in [2.75, 3.05) is 32.2 Å². The lowest BCUT2D eigenvalue weighted by Crippen LogP contribution is -2.46. The summed E-state index contributed by atoms with van der Waals surface area (Å²) in [6.45, 7) is 2.68. The second kappa shape index (κ2) is 8.22. The standard InChI is InChI=1S/C23H28N4O4S/c1-4-23(18-10-6-5-7-11-18)21(28)27(22(29)24-23)16-26-14-8-9-17-15-19(12-13-20(17)26)32(30,31)25(2)3/h5-7,10-13,15H,4,8-9,14,16H2,1-3H3,(H,24,29)/t23-/m0/s1. The predicted octanol–water partition coefficient (Wildman–Crippen LogP) is 2.50. The molecule has 2 heterocycles. The zero-order valence-corrected chi connectivity index (χ0v) is 19.4. The first kappa shape index (κ1) is 22.3. The molecule has 9 heteroatoms. The lowest BCUT2D eigenvalue weighted by atomic mass is 9.87. The van der Waals surface area contributed by atoms with Crippen LogP contribution in [-0.4, -0.2) is 56.9 Å². The number of benzene rings is 2. The summed E-state index contributed by atoms with van der Waals surface area (Å²) >= 11 is 0. The van der Waals surface area contributed by atoms with Gasteiger partial charge in [0.25, 0.3) is 5.91 Å². The van der Waals surface area contributed by atoms with E-state index in [1.165, 1.54) is 23.3 Å². The van der Waals surface area contributed by atoms with Crippen LogP contribution < -0.4 is 10.2 Å². The van der Waals surface area contributed by atoms with Crippen LogP contribution in [-0.2, 0) is 26.8 Å². The van der Waals surface area contributed by atoms with Gasteiger partial charge in [-0.1, -0.05) is 37.3 Å². The van der Waals surface area contributed by atoms with Crippen molar-refractivity contribution in [2.24, 2.45) is 0 Å². The molecule has 0 aromatic heterocycles. The molecule has 0 aliphatic carbocycles. The van der Waals surface area contributed by atoms with Gasteiger partial charge in [0, 0.05) is 26.3 Å². The summed E-state index contributed by atoms with van der Waals surface area (Å²) in [4.78, 5) is 29.8. The summed E-state index contributed by atoms with van der Waals surface area (Å²) in [7, 11) is -0.520. The first-order valence-corrected chi connectivity index (χ1v) is 12.1. The van der Waals surface area contributed by atoms with Gasteiger partial charge >= 0.3 is 6.03 Å². The SMILES string of the molecule is CC[C@@]1(c2ccccc2)NC(=O)N(CN2CCCc3cc(S(=O)(=O)N(C)C)ccc32)C1=O. The van der Waals surface area contributed by atoms with Gasteiger partial charge in [-0.3, -0.25) is 4.79 Å². The highest BCUT2D eigenvalue weighted by molar-refractivity contribution is 7.89. The Kier molecular flexibility index (Phi) is 5.72. The number of rotatable bonds is 6. The van der Waals surface area contributed by atoms with E-state index in [-0.39, 0.29) is 17.5 Å². The second-order valence-electron chi connectivity index (χ2n) is 8.37. The Morgan fingerprint density at radius 3 is 2.47 bits per heavy atom. The van der Waals surface area contributed by atoms with Crippen LogP contribution in [0.4, 0.5) is 10.5 Å². The van der Waals surface area contributed by atoms with E-state index >= 15 is 0 Å². The molecular weight excluding hydrogens is 428 g/mol. The van der Waals surface area contributed by atoms with Crippen molar-refractivity contribution in [3.63, 3.8) is 0 Å².